The van der Waals surface area contributed by atoms with Crippen LogP contribution in [0.1, 0.15) is 17.9 Å². The molecule has 1 amide bonds. The lowest BCUT2D eigenvalue weighted by molar-refractivity contribution is 0.0840. The topological polar surface area (TPSA) is 36.0 Å². The first-order chi connectivity index (χ1) is 11.2. The first-order valence-electron chi connectivity index (χ1n) is 8.60. The van der Waals surface area contributed by atoms with Crippen molar-refractivity contribution < 1.29 is 9.53 Å². The summed E-state index contributed by atoms with van der Waals surface area (Å²) < 4.78 is 5.47. The quantitative estimate of drug-likeness (QED) is 0.849. The molecule has 0 aliphatic carbocycles. The Morgan fingerprint density at radius 1 is 1.13 bits per heavy atom. The highest BCUT2D eigenvalue weighted by molar-refractivity contribution is 5.68. The van der Waals surface area contributed by atoms with Crippen molar-refractivity contribution in [1.29, 1.82) is 0 Å². The lowest BCUT2D eigenvalue weighted by Gasteiger charge is -2.32. The normalized spacial score (nSPS) is 23.2. The van der Waals surface area contributed by atoms with Crippen LogP contribution in [0.5, 0.6) is 0 Å². The SMILES string of the molecule is CN1CCN(CCOC(=O)N2CCC(c3ccccc3)C2)CC1. The third-order valence-corrected chi connectivity index (χ3v) is 4.95. The highest BCUT2D eigenvalue weighted by Gasteiger charge is 2.28. The summed E-state index contributed by atoms with van der Waals surface area (Å²) in [5.74, 6) is 0.446. The van der Waals surface area contributed by atoms with Gasteiger partial charge in [-0.2, -0.15) is 0 Å². The van der Waals surface area contributed by atoms with Crippen LogP contribution >= 0.6 is 0 Å². The summed E-state index contributed by atoms with van der Waals surface area (Å²) in [4.78, 5) is 18.7. The second kappa shape index (κ2) is 7.79. The van der Waals surface area contributed by atoms with Crippen LogP contribution in [0.3, 0.4) is 0 Å². The minimum Gasteiger partial charge on any atom is -0.448 e. The molecule has 0 N–H and O–H groups in total. The van der Waals surface area contributed by atoms with Crippen LogP contribution in [-0.2, 0) is 4.74 Å². The molecule has 5 nitrogen and oxygen atoms in total. The van der Waals surface area contributed by atoms with Crippen LogP contribution in [0.15, 0.2) is 30.3 Å². The molecule has 1 atom stereocenters. The number of carbonyl (C=O) groups is 1. The highest BCUT2D eigenvalue weighted by atomic mass is 16.6. The standard InChI is InChI=1S/C18H27N3O2/c1-19-9-11-20(12-10-19)13-14-23-18(22)21-8-7-17(15-21)16-5-3-2-4-6-16/h2-6,17H,7-15H2,1H3. The first kappa shape index (κ1) is 16.3. The van der Waals surface area contributed by atoms with Gasteiger partial charge >= 0.3 is 6.09 Å². The van der Waals surface area contributed by atoms with E-state index >= 15 is 0 Å². The van der Waals surface area contributed by atoms with Crippen molar-refractivity contribution >= 4 is 6.09 Å². The van der Waals surface area contributed by atoms with Crippen molar-refractivity contribution in [2.45, 2.75) is 12.3 Å². The Bertz CT molecular complexity index is 500. The number of benzene rings is 1. The maximum absolute atomic E-state index is 12.2. The van der Waals surface area contributed by atoms with Gasteiger partial charge in [0.2, 0.25) is 0 Å². The predicted octanol–water partition coefficient (Wildman–Crippen LogP) is 1.86. The van der Waals surface area contributed by atoms with Crippen molar-refractivity contribution in [3.05, 3.63) is 35.9 Å². The molecule has 0 saturated carbocycles. The zero-order chi connectivity index (χ0) is 16.1. The second-order valence-electron chi connectivity index (χ2n) is 6.60. The van der Waals surface area contributed by atoms with E-state index in [1.165, 1.54) is 5.56 Å². The lowest BCUT2D eigenvalue weighted by atomic mass is 9.99. The van der Waals surface area contributed by atoms with Gasteiger partial charge in [0.25, 0.3) is 0 Å². The van der Waals surface area contributed by atoms with E-state index in [-0.39, 0.29) is 6.09 Å². The van der Waals surface area contributed by atoms with Gasteiger partial charge in [0.05, 0.1) is 0 Å². The number of ether oxygens (including phenoxy) is 1. The summed E-state index contributed by atoms with van der Waals surface area (Å²) in [5.41, 5.74) is 1.32. The highest BCUT2D eigenvalue weighted by Crippen LogP contribution is 2.27. The van der Waals surface area contributed by atoms with Gasteiger partial charge in [-0.25, -0.2) is 4.79 Å². The summed E-state index contributed by atoms with van der Waals surface area (Å²) in [5, 5.41) is 0. The summed E-state index contributed by atoms with van der Waals surface area (Å²) in [7, 11) is 2.15. The molecule has 2 saturated heterocycles. The van der Waals surface area contributed by atoms with Gasteiger partial charge in [-0.05, 0) is 19.0 Å². The minimum absolute atomic E-state index is 0.155. The van der Waals surface area contributed by atoms with E-state index in [9.17, 15) is 4.79 Å². The number of piperazine rings is 1. The predicted molar refractivity (Wildman–Crippen MR) is 90.7 cm³/mol. The van der Waals surface area contributed by atoms with E-state index in [1.807, 2.05) is 11.0 Å². The molecule has 126 valence electrons. The largest absolute Gasteiger partial charge is 0.448 e. The van der Waals surface area contributed by atoms with Crippen LogP contribution in [0.2, 0.25) is 0 Å². The van der Waals surface area contributed by atoms with E-state index < -0.39 is 0 Å². The van der Waals surface area contributed by atoms with Crippen LogP contribution < -0.4 is 0 Å². The summed E-state index contributed by atoms with van der Waals surface area (Å²) >= 11 is 0. The maximum Gasteiger partial charge on any atom is 0.409 e. The van der Waals surface area contributed by atoms with E-state index in [2.05, 4.69) is 41.1 Å². The number of likely N-dealkylation sites (tertiary alicyclic amines) is 1. The van der Waals surface area contributed by atoms with Crippen LogP contribution in [0, 0.1) is 0 Å². The number of amides is 1. The lowest BCUT2D eigenvalue weighted by Crippen LogP contribution is -2.45. The third-order valence-electron chi connectivity index (χ3n) is 4.95. The molecule has 1 aromatic rings. The van der Waals surface area contributed by atoms with Gasteiger partial charge in [0.1, 0.15) is 6.61 Å². The molecule has 0 bridgehead atoms. The number of nitrogens with zero attached hydrogens (tertiary/aromatic N) is 3. The average Bonchev–Trinajstić information content (AvgIpc) is 3.07. The van der Waals surface area contributed by atoms with Gasteiger partial charge in [0, 0.05) is 51.7 Å². The Morgan fingerprint density at radius 3 is 2.61 bits per heavy atom. The number of rotatable bonds is 4. The molecule has 5 heteroatoms. The Hall–Kier alpha value is -1.59. The molecule has 0 aromatic heterocycles. The Labute approximate surface area is 138 Å². The van der Waals surface area contributed by atoms with E-state index in [0.29, 0.717) is 12.5 Å². The van der Waals surface area contributed by atoms with Gasteiger partial charge in [-0.3, -0.25) is 4.90 Å². The van der Waals surface area contributed by atoms with E-state index in [0.717, 1.165) is 52.2 Å². The summed E-state index contributed by atoms with van der Waals surface area (Å²) in [6.45, 7) is 7.23. The fourth-order valence-electron chi connectivity index (χ4n) is 3.35. The van der Waals surface area contributed by atoms with Crippen LogP contribution in [0.4, 0.5) is 4.79 Å². The van der Waals surface area contributed by atoms with E-state index in [1.54, 1.807) is 0 Å². The van der Waals surface area contributed by atoms with Crippen LogP contribution in [0.25, 0.3) is 0 Å². The van der Waals surface area contributed by atoms with Gasteiger partial charge in [-0.15, -0.1) is 0 Å². The molecule has 0 spiro atoms. The minimum atomic E-state index is -0.155. The molecular weight excluding hydrogens is 290 g/mol. The second-order valence-corrected chi connectivity index (χ2v) is 6.60. The van der Waals surface area contributed by atoms with Gasteiger partial charge in [0.15, 0.2) is 0 Å². The smallest absolute Gasteiger partial charge is 0.409 e. The molecule has 2 fully saturated rings. The van der Waals surface area contributed by atoms with Crippen molar-refractivity contribution in [3.63, 3.8) is 0 Å². The van der Waals surface area contributed by atoms with E-state index in [4.69, 9.17) is 4.74 Å². The average molecular weight is 317 g/mol. The molecule has 2 aliphatic rings. The van der Waals surface area contributed by atoms with Crippen molar-refractivity contribution in [2.24, 2.45) is 0 Å². The molecule has 0 radical (unpaired) electrons. The molecule has 1 unspecified atom stereocenters. The Balaban J connectivity index is 1.38. The van der Waals surface area contributed by atoms with Crippen LogP contribution in [-0.4, -0.2) is 80.3 Å². The number of hydrogen-bond acceptors (Lipinski definition) is 4. The zero-order valence-corrected chi connectivity index (χ0v) is 14.0. The van der Waals surface area contributed by atoms with Gasteiger partial charge in [-0.1, -0.05) is 30.3 Å². The Kier molecular flexibility index (Phi) is 5.51. The molecule has 2 heterocycles. The fraction of sp³-hybridized carbons (Fsp3) is 0.611. The van der Waals surface area contributed by atoms with Crippen molar-refractivity contribution in [3.8, 4) is 0 Å². The number of carbonyl (C=O) groups excluding carboxylic acids is 1. The number of likely N-dealkylation sites (N-methyl/N-ethyl adjacent to an activating group) is 1. The molecule has 23 heavy (non-hydrogen) atoms. The Morgan fingerprint density at radius 2 is 1.87 bits per heavy atom. The third kappa shape index (κ3) is 4.45. The fourth-order valence-corrected chi connectivity index (χ4v) is 3.35. The molecule has 2 aliphatic heterocycles. The zero-order valence-electron chi connectivity index (χ0n) is 14.0. The first-order valence-corrected chi connectivity index (χ1v) is 8.60. The molecular formula is C18H27N3O2. The van der Waals surface area contributed by atoms with Crippen molar-refractivity contribution in [1.82, 2.24) is 14.7 Å². The molecule has 3 rings (SSSR count). The van der Waals surface area contributed by atoms with Crippen molar-refractivity contribution in [2.75, 3.05) is 59.5 Å². The molecule has 1 aromatic carbocycles. The summed E-state index contributed by atoms with van der Waals surface area (Å²) in [6, 6.07) is 10.4. The number of hydrogen-bond donors (Lipinski definition) is 0. The summed E-state index contributed by atoms with van der Waals surface area (Å²) in [6.07, 6.45) is 0.870. The monoisotopic (exact) mass is 317 g/mol. The maximum atomic E-state index is 12.2. The van der Waals surface area contributed by atoms with Gasteiger partial charge < -0.3 is 14.5 Å².